The summed E-state index contributed by atoms with van der Waals surface area (Å²) in [5, 5.41) is 3.95. The van der Waals surface area contributed by atoms with Gasteiger partial charge < -0.3 is 9.09 Å². The van der Waals surface area contributed by atoms with Gasteiger partial charge in [0, 0.05) is 7.05 Å². The molecule has 0 aliphatic carbocycles. The third-order valence-electron chi connectivity index (χ3n) is 3.95. The second-order valence-corrected chi connectivity index (χ2v) is 5.43. The summed E-state index contributed by atoms with van der Waals surface area (Å²) in [5.41, 5.74) is -0.376. The van der Waals surface area contributed by atoms with Gasteiger partial charge in [-0.1, -0.05) is 19.0 Å². The van der Waals surface area contributed by atoms with Crippen LogP contribution in [0.4, 0.5) is 0 Å². The highest BCUT2D eigenvalue weighted by Gasteiger charge is 2.15. The van der Waals surface area contributed by atoms with Gasteiger partial charge in [0.2, 0.25) is 5.89 Å². The number of rotatable bonds is 6. The maximum absolute atomic E-state index is 12.1. The Labute approximate surface area is 148 Å². The summed E-state index contributed by atoms with van der Waals surface area (Å²) in [4.78, 5) is 36.5. The highest BCUT2D eigenvalue weighted by molar-refractivity contribution is 5.85. The minimum atomic E-state index is -0.501. The normalized spacial score (nSPS) is 11.2. The van der Waals surface area contributed by atoms with Crippen LogP contribution in [-0.2, 0) is 20.1 Å². The van der Waals surface area contributed by atoms with Crippen LogP contribution in [0.15, 0.2) is 20.4 Å². The van der Waals surface area contributed by atoms with Crippen molar-refractivity contribution in [3.05, 3.63) is 38.9 Å². The molecule has 0 radical (unpaired) electrons. The maximum Gasteiger partial charge on any atom is 0.329 e. The van der Waals surface area contributed by atoms with E-state index in [4.69, 9.17) is 4.52 Å². The number of nitrogens with zero attached hydrogens (tertiary/aromatic N) is 6. The number of nitrogens with one attached hydrogen (secondary N) is 1. The summed E-state index contributed by atoms with van der Waals surface area (Å²) < 4.78 is 8.14. The maximum atomic E-state index is 12.1. The van der Waals surface area contributed by atoms with Crippen molar-refractivity contribution in [1.82, 2.24) is 34.1 Å². The lowest BCUT2D eigenvalue weighted by atomic mass is 10.4. The van der Waals surface area contributed by atoms with Gasteiger partial charge in [0.05, 0.1) is 19.4 Å². The van der Waals surface area contributed by atoms with E-state index in [0.29, 0.717) is 29.4 Å². The monoisotopic (exact) mass is 369 g/mol. The number of aromatic amines is 1. The predicted molar refractivity (Wildman–Crippen MR) is 92.9 cm³/mol. The molecule has 0 aliphatic rings. The van der Waals surface area contributed by atoms with Crippen molar-refractivity contribution in [3.8, 4) is 0 Å². The first-order chi connectivity index (χ1) is 11.5. The smallest absolute Gasteiger partial charge is 0.329 e. The van der Waals surface area contributed by atoms with E-state index in [-0.39, 0.29) is 19.0 Å². The highest BCUT2D eigenvalue weighted by atomic mass is 35.5. The number of fused-ring (bicyclic) bond motifs is 1. The topological polar surface area (TPSA) is 115 Å². The molecule has 0 amide bonds. The van der Waals surface area contributed by atoms with Crippen LogP contribution in [0.2, 0.25) is 0 Å². The molecule has 3 aromatic heterocycles. The van der Waals surface area contributed by atoms with E-state index >= 15 is 0 Å². The zero-order valence-corrected chi connectivity index (χ0v) is 15.0. The SMILES string of the molecule is CCN(CC)Cc1nc(Cn2cnc3c2c(=O)[nH]c(=O)n3C)no1.Cl. The van der Waals surface area contributed by atoms with E-state index in [2.05, 4.69) is 38.9 Å². The Morgan fingerprint density at radius 1 is 1.28 bits per heavy atom. The average molecular weight is 370 g/mol. The Morgan fingerprint density at radius 2 is 2.00 bits per heavy atom. The van der Waals surface area contributed by atoms with E-state index in [0.717, 1.165) is 13.1 Å². The fourth-order valence-corrected chi connectivity index (χ4v) is 2.51. The standard InChI is InChI=1S/C14H19N7O3.ClH/c1-4-20(5-2)7-10-16-9(18-24-10)6-21-8-15-12-11(21)13(22)17-14(23)19(12)3;/h8H,4-7H2,1-3H3,(H,17,22,23);1H. The van der Waals surface area contributed by atoms with Crippen molar-refractivity contribution >= 4 is 23.6 Å². The van der Waals surface area contributed by atoms with Crippen LogP contribution in [0.25, 0.3) is 11.2 Å². The first-order valence-electron chi connectivity index (χ1n) is 7.71. The number of hydrogen-bond donors (Lipinski definition) is 1. The molecule has 3 rings (SSSR count). The molecular formula is C14H20ClN7O3. The number of halogens is 1. The number of aryl methyl sites for hydroxylation is 1. The van der Waals surface area contributed by atoms with Gasteiger partial charge in [-0.2, -0.15) is 4.98 Å². The van der Waals surface area contributed by atoms with Crippen molar-refractivity contribution in [3.63, 3.8) is 0 Å². The summed E-state index contributed by atoms with van der Waals surface area (Å²) in [5.74, 6) is 0.976. The molecule has 25 heavy (non-hydrogen) atoms. The molecule has 0 saturated carbocycles. The minimum absolute atomic E-state index is 0. The first kappa shape index (κ1) is 18.9. The fraction of sp³-hybridized carbons (Fsp3) is 0.500. The molecule has 0 atom stereocenters. The fourth-order valence-electron chi connectivity index (χ4n) is 2.51. The summed E-state index contributed by atoms with van der Waals surface area (Å²) >= 11 is 0. The van der Waals surface area contributed by atoms with Gasteiger partial charge in [-0.3, -0.25) is 19.2 Å². The van der Waals surface area contributed by atoms with Crippen molar-refractivity contribution in [2.24, 2.45) is 7.05 Å². The van der Waals surface area contributed by atoms with Gasteiger partial charge in [0.15, 0.2) is 17.0 Å². The summed E-state index contributed by atoms with van der Waals surface area (Å²) in [6.45, 7) is 6.73. The van der Waals surface area contributed by atoms with Gasteiger partial charge in [-0.25, -0.2) is 9.78 Å². The molecule has 0 spiro atoms. The molecule has 1 N–H and O–H groups in total. The third kappa shape index (κ3) is 3.64. The summed E-state index contributed by atoms with van der Waals surface area (Å²) in [6.07, 6.45) is 1.49. The molecule has 136 valence electrons. The Hall–Kier alpha value is -2.46. The first-order valence-corrected chi connectivity index (χ1v) is 7.71. The quantitative estimate of drug-likeness (QED) is 0.656. The molecule has 11 heteroatoms. The Morgan fingerprint density at radius 3 is 2.68 bits per heavy atom. The average Bonchev–Trinajstić information content (AvgIpc) is 3.18. The lowest BCUT2D eigenvalue weighted by Crippen LogP contribution is -2.29. The van der Waals surface area contributed by atoms with Crippen molar-refractivity contribution in [2.75, 3.05) is 13.1 Å². The number of H-pyrrole nitrogens is 1. The Bertz CT molecular complexity index is 967. The lowest BCUT2D eigenvalue weighted by Gasteiger charge is -2.14. The summed E-state index contributed by atoms with van der Waals surface area (Å²) in [6, 6.07) is 0. The molecule has 0 bridgehead atoms. The lowest BCUT2D eigenvalue weighted by molar-refractivity contribution is 0.246. The Balaban J connectivity index is 0.00000225. The molecule has 10 nitrogen and oxygen atoms in total. The highest BCUT2D eigenvalue weighted by Crippen LogP contribution is 2.08. The number of hydrogen-bond acceptors (Lipinski definition) is 7. The van der Waals surface area contributed by atoms with Crippen LogP contribution in [-0.4, -0.2) is 47.2 Å². The third-order valence-corrected chi connectivity index (χ3v) is 3.95. The van der Waals surface area contributed by atoms with E-state index in [9.17, 15) is 9.59 Å². The van der Waals surface area contributed by atoms with E-state index in [1.165, 1.54) is 10.9 Å². The van der Waals surface area contributed by atoms with E-state index < -0.39 is 11.2 Å². The van der Waals surface area contributed by atoms with E-state index in [1.807, 2.05) is 0 Å². The number of imidazole rings is 1. The Kier molecular flexibility index (Phi) is 5.75. The molecule has 0 aromatic carbocycles. The van der Waals surface area contributed by atoms with Crippen molar-refractivity contribution in [2.45, 2.75) is 26.9 Å². The van der Waals surface area contributed by atoms with Gasteiger partial charge in [-0.05, 0) is 13.1 Å². The van der Waals surface area contributed by atoms with Gasteiger partial charge >= 0.3 is 5.69 Å². The second kappa shape index (κ2) is 7.62. The van der Waals surface area contributed by atoms with Crippen LogP contribution < -0.4 is 11.2 Å². The van der Waals surface area contributed by atoms with Gasteiger partial charge in [-0.15, -0.1) is 12.4 Å². The largest absolute Gasteiger partial charge is 0.338 e. The molecule has 0 aliphatic heterocycles. The zero-order chi connectivity index (χ0) is 17.3. The predicted octanol–water partition coefficient (Wildman–Crippen LogP) is 0.118. The van der Waals surface area contributed by atoms with Gasteiger partial charge in [0.1, 0.15) is 0 Å². The summed E-state index contributed by atoms with van der Waals surface area (Å²) in [7, 11) is 1.55. The molecule has 3 aromatic rings. The van der Waals surface area contributed by atoms with Crippen molar-refractivity contribution < 1.29 is 4.52 Å². The molecular weight excluding hydrogens is 350 g/mol. The van der Waals surface area contributed by atoms with Crippen molar-refractivity contribution in [1.29, 1.82) is 0 Å². The van der Waals surface area contributed by atoms with Crippen LogP contribution >= 0.6 is 12.4 Å². The van der Waals surface area contributed by atoms with Crippen LogP contribution in [0.5, 0.6) is 0 Å². The zero-order valence-electron chi connectivity index (χ0n) is 14.2. The van der Waals surface area contributed by atoms with Gasteiger partial charge in [0.25, 0.3) is 5.56 Å². The second-order valence-electron chi connectivity index (χ2n) is 5.43. The molecule has 0 saturated heterocycles. The minimum Gasteiger partial charge on any atom is -0.338 e. The molecule has 0 fully saturated rings. The number of aromatic nitrogens is 6. The van der Waals surface area contributed by atoms with Crippen LogP contribution in [0.1, 0.15) is 25.6 Å². The molecule has 0 unspecified atom stereocenters. The van der Waals surface area contributed by atoms with E-state index in [1.54, 1.807) is 11.6 Å². The van der Waals surface area contributed by atoms with Crippen LogP contribution in [0, 0.1) is 0 Å². The molecule has 3 heterocycles. The van der Waals surface area contributed by atoms with Crippen LogP contribution in [0.3, 0.4) is 0 Å².